The molecule has 12 nitrogen and oxygen atoms in total. The van der Waals surface area contributed by atoms with E-state index in [1.807, 2.05) is 13.8 Å². The van der Waals surface area contributed by atoms with Crippen LogP contribution < -0.4 is 27.4 Å². The summed E-state index contributed by atoms with van der Waals surface area (Å²) in [5.41, 5.74) is 10.9. The molecule has 0 fully saturated rings. The monoisotopic (exact) mass is 459 g/mol. The molecule has 0 aromatic heterocycles. The van der Waals surface area contributed by atoms with Crippen molar-refractivity contribution in [1.29, 1.82) is 0 Å². The second kappa shape index (κ2) is 13.6. The Morgan fingerprint density at radius 3 is 1.75 bits per heavy atom. The van der Waals surface area contributed by atoms with Gasteiger partial charge in [0.2, 0.25) is 23.6 Å². The van der Waals surface area contributed by atoms with Crippen LogP contribution >= 0.6 is 0 Å². The topological polar surface area (TPSA) is 214 Å². The smallest absolute Gasteiger partial charge is 0.326 e. The maximum absolute atomic E-state index is 12.8. The van der Waals surface area contributed by atoms with Crippen LogP contribution in [0.1, 0.15) is 53.9 Å². The summed E-state index contributed by atoms with van der Waals surface area (Å²) in [6.45, 7) is 8.41. The third-order valence-corrected chi connectivity index (χ3v) is 4.67. The predicted octanol–water partition coefficient (Wildman–Crippen LogP) is -1.80. The summed E-state index contributed by atoms with van der Waals surface area (Å²) >= 11 is 0. The van der Waals surface area contributed by atoms with E-state index in [0.717, 1.165) is 0 Å². The van der Waals surface area contributed by atoms with E-state index < -0.39 is 59.9 Å². The average Bonchev–Trinajstić information content (AvgIpc) is 2.65. The van der Waals surface area contributed by atoms with Crippen LogP contribution in [0.25, 0.3) is 0 Å². The molecule has 5 unspecified atom stereocenters. The van der Waals surface area contributed by atoms with Crippen LogP contribution in [0.3, 0.4) is 0 Å². The van der Waals surface area contributed by atoms with E-state index in [-0.39, 0.29) is 24.7 Å². The van der Waals surface area contributed by atoms with Gasteiger partial charge in [0.05, 0.1) is 12.1 Å². The highest BCUT2D eigenvalue weighted by Crippen LogP contribution is 2.08. The first-order valence-corrected chi connectivity index (χ1v) is 10.5. The minimum atomic E-state index is -1.50. The molecule has 0 radical (unpaired) electrons. The van der Waals surface area contributed by atoms with Crippen molar-refractivity contribution in [3.8, 4) is 0 Å². The van der Waals surface area contributed by atoms with Crippen LogP contribution in [-0.2, 0) is 24.0 Å². The van der Waals surface area contributed by atoms with E-state index in [0.29, 0.717) is 6.42 Å². The molecule has 0 aromatic rings. The normalized spacial score (nSPS) is 15.9. The number of hydrogen-bond acceptors (Lipinski definition) is 7. The van der Waals surface area contributed by atoms with Crippen molar-refractivity contribution in [1.82, 2.24) is 16.0 Å². The van der Waals surface area contributed by atoms with Gasteiger partial charge in [0.25, 0.3) is 0 Å². The summed E-state index contributed by atoms with van der Waals surface area (Å²) in [7, 11) is 0. The van der Waals surface area contributed by atoms with Gasteiger partial charge in [-0.15, -0.1) is 0 Å². The molecular weight excluding hydrogens is 422 g/mol. The lowest BCUT2D eigenvalue weighted by molar-refractivity contribution is -0.143. The summed E-state index contributed by atoms with van der Waals surface area (Å²) in [6, 6.07) is -4.80. The predicted molar refractivity (Wildman–Crippen MR) is 116 cm³/mol. The zero-order chi connectivity index (χ0) is 25.2. The Labute approximate surface area is 187 Å². The van der Waals surface area contributed by atoms with Crippen molar-refractivity contribution >= 4 is 29.6 Å². The molecular formula is C20H37N5O7. The first-order chi connectivity index (χ1) is 14.7. The molecule has 0 saturated carbocycles. The molecule has 9 N–H and O–H groups in total. The van der Waals surface area contributed by atoms with Crippen LogP contribution in [0.15, 0.2) is 0 Å². The van der Waals surface area contributed by atoms with Crippen LogP contribution in [-0.4, -0.2) is 70.1 Å². The maximum Gasteiger partial charge on any atom is 0.326 e. The second-order valence-corrected chi connectivity index (χ2v) is 8.60. The minimum Gasteiger partial charge on any atom is -0.480 e. The first kappa shape index (κ1) is 29.3. The Hall–Kier alpha value is -2.73. The number of primary amides is 1. The van der Waals surface area contributed by atoms with Crippen molar-refractivity contribution in [2.45, 2.75) is 84.2 Å². The summed E-state index contributed by atoms with van der Waals surface area (Å²) < 4.78 is 0. The molecule has 0 aliphatic rings. The van der Waals surface area contributed by atoms with Gasteiger partial charge in [0.15, 0.2) is 0 Å². The number of hydrogen-bond donors (Lipinski definition) is 7. The van der Waals surface area contributed by atoms with Crippen LogP contribution in [0.4, 0.5) is 0 Å². The summed E-state index contributed by atoms with van der Waals surface area (Å²) in [6.07, 6.45) is -1.49. The van der Waals surface area contributed by atoms with Gasteiger partial charge in [-0.2, -0.15) is 0 Å². The van der Waals surface area contributed by atoms with E-state index >= 15 is 0 Å². The van der Waals surface area contributed by atoms with Crippen LogP contribution in [0.5, 0.6) is 0 Å². The molecule has 0 spiro atoms. The summed E-state index contributed by atoms with van der Waals surface area (Å²) in [5.74, 6) is -4.57. The van der Waals surface area contributed by atoms with E-state index in [1.54, 1.807) is 13.8 Å². The molecule has 32 heavy (non-hydrogen) atoms. The highest BCUT2D eigenvalue weighted by Gasteiger charge is 2.33. The fourth-order valence-corrected chi connectivity index (χ4v) is 2.86. The molecule has 0 heterocycles. The van der Waals surface area contributed by atoms with Gasteiger partial charge in [0, 0.05) is 6.42 Å². The lowest BCUT2D eigenvalue weighted by Gasteiger charge is -2.28. The Morgan fingerprint density at radius 1 is 0.844 bits per heavy atom. The molecule has 0 aliphatic heterocycles. The highest BCUT2D eigenvalue weighted by atomic mass is 16.4. The number of carboxylic acids is 1. The zero-order valence-electron chi connectivity index (χ0n) is 19.3. The molecule has 0 saturated heterocycles. The SMILES string of the molecule is CC(C)CC(N)C(=O)NC(C(=O)NC(C(=O)NC(CCC(N)=O)C(=O)O)C(C)O)C(C)C. The lowest BCUT2D eigenvalue weighted by atomic mass is 9.99. The second-order valence-electron chi connectivity index (χ2n) is 8.60. The Kier molecular flexibility index (Phi) is 12.5. The van der Waals surface area contributed by atoms with Crippen LogP contribution in [0, 0.1) is 11.8 Å². The standard InChI is InChI=1S/C20H37N5O7/c1-9(2)8-12(21)17(28)24-15(10(3)4)18(29)25-16(11(5)26)19(30)23-13(20(31)32)6-7-14(22)27/h9-13,15-16,26H,6-8,21H2,1-5H3,(H2,22,27)(H,23,30)(H,24,28)(H,25,29)(H,31,32). The zero-order valence-corrected chi connectivity index (χ0v) is 19.3. The molecule has 0 bridgehead atoms. The number of aliphatic hydroxyl groups is 1. The molecule has 5 atom stereocenters. The number of aliphatic hydroxyl groups excluding tert-OH is 1. The molecule has 0 aromatic carbocycles. The molecule has 184 valence electrons. The molecule has 0 aliphatic carbocycles. The van der Waals surface area contributed by atoms with E-state index in [4.69, 9.17) is 11.5 Å². The first-order valence-electron chi connectivity index (χ1n) is 10.5. The third kappa shape index (κ3) is 10.5. The van der Waals surface area contributed by atoms with E-state index in [1.165, 1.54) is 6.92 Å². The third-order valence-electron chi connectivity index (χ3n) is 4.67. The number of carbonyl (C=O) groups excluding carboxylic acids is 4. The summed E-state index contributed by atoms with van der Waals surface area (Å²) in [4.78, 5) is 59.9. The van der Waals surface area contributed by atoms with Gasteiger partial charge >= 0.3 is 5.97 Å². The van der Waals surface area contributed by atoms with Crippen molar-refractivity contribution in [2.24, 2.45) is 23.3 Å². The number of nitrogens with one attached hydrogen (secondary N) is 3. The van der Waals surface area contributed by atoms with Gasteiger partial charge in [-0.25, -0.2) is 4.79 Å². The number of aliphatic carboxylic acids is 1. The number of amides is 4. The van der Waals surface area contributed by atoms with Crippen molar-refractivity contribution in [3.05, 3.63) is 0 Å². The van der Waals surface area contributed by atoms with E-state index in [2.05, 4.69) is 16.0 Å². The number of carbonyl (C=O) groups is 5. The Balaban J connectivity index is 5.34. The average molecular weight is 460 g/mol. The summed E-state index contributed by atoms with van der Waals surface area (Å²) in [5, 5.41) is 26.3. The van der Waals surface area contributed by atoms with Gasteiger partial charge in [0.1, 0.15) is 18.1 Å². The van der Waals surface area contributed by atoms with Gasteiger partial charge < -0.3 is 37.6 Å². The van der Waals surface area contributed by atoms with Crippen molar-refractivity contribution < 1.29 is 34.2 Å². The highest BCUT2D eigenvalue weighted by molar-refractivity contribution is 5.94. The van der Waals surface area contributed by atoms with Crippen LogP contribution in [0.2, 0.25) is 0 Å². The maximum atomic E-state index is 12.8. The molecule has 0 rings (SSSR count). The Morgan fingerprint density at radius 2 is 1.34 bits per heavy atom. The number of nitrogens with two attached hydrogens (primary N) is 2. The van der Waals surface area contributed by atoms with Crippen molar-refractivity contribution in [2.75, 3.05) is 0 Å². The fraction of sp³-hybridized carbons (Fsp3) is 0.750. The number of carboxylic acid groups (broad SMARTS) is 1. The lowest BCUT2D eigenvalue weighted by Crippen LogP contribution is -2.60. The van der Waals surface area contributed by atoms with Gasteiger partial charge in [-0.3, -0.25) is 19.2 Å². The van der Waals surface area contributed by atoms with Crippen molar-refractivity contribution in [3.63, 3.8) is 0 Å². The Bertz CT molecular complexity index is 681. The molecule has 12 heteroatoms. The molecule has 4 amide bonds. The number of rotatable bonds is 14. The fourth-order valence-electron chi connectivity index (χ4n) is 2.86. The van der Waals surface area contributed by atoms with Gasteiger partial charge in [-0.05, 0) is 31.6 Å². The quantitative estimate of drug-likeness (QED) is 0.157. The van der Waals surface area contributed by atoms with Gasteiger partial charge in [-0.1, -0.05) is 27.7 Å². The minimum absolute atomic E-state index is 0.169. The largest absolute Gasteiger partial charge is 0.480 e. The van der Waals surface area contributed by atoms with E-state index in [9.17, 15) is 34.2 Å².